The van der Waals surface area contributed by atoms with Crippen molar-refractivity contribution in [2.75, 3.05) is 32.8 Å². The Morgan fingerprint density at radius 1 is 1.15 bits per heavy atom. The van der Waals surface area contributed by atoms with Crippen LogP contribution in [-0.4, -0.2) is 53.6 Å². The predicted octanol–water partition coefficient (Wildman–Crippen LogP) is 1.35. The van der Waals surface area contributed by atoms with Gasteiger partial charge in [0.1, 0.15) is 0 Å². The molecule has 1 aliphatic rings. The number of piperazine rings is 1. The standard InChI is InChI=1S/C16H24N2O2/c1-16(2,13-19)15(20)18-10-8-17(9-11-18)12-14-6-4-3-5-7-14/h3-7,19H,8-13H2,1-2H3. The minimum atomic E-state index is -0.665. The van der Waals surface area contributed by atoms with Gasteiger partial charge in [0.25, 0.3) is 0 Å². The SMILES string of the molecule is CC(C)(CO)C(=O)N1CCN(Cc2ccccc2)CC1. The fraction of sp³-hybridized carbons (Fsp3) is 0.562. The number of benzene rings is 1. The first-order valence-electron chi connectivity index (χ1n) is 7.19. The van der Waals surface area contributed by atoms with E-state index in [4.69, 9.17) is 0 Å². The van der Waals surface area contributed by atoms with Gasteiger partial charge in [-0.3, -0.25) is 9.69 Å². The molecule has 20 heavy (non-hydrogen) atoms. The van der Waals surface area contributed by atoms with Gasteiger partial charge in [-0.05, 0) is 19.4 Å². The average Bonchev–Trinajstić information content (AvgIpc) is 2.48. The van der Waals surface area contributed by atoms with Gasteiger partial charge in [0.2, 0.25) is 5.91 Å². The normalized spacial score (nSPS) is 17.2. The van der Waals surface area contributed by atoms with Crippen LogP contribution >= 0.6 is 0 Å². The van der Waals surface area contributed by atoms with Crippen LogP contribution in [0.15, 0.2) is 30.3 Å². The molecular formula is C16H24N2O2. The molecule has 0 atom stereocenters. The van der Waals surface area contributed by atoms with Crippen LogP contribution in [0.4, 0.5) is 0 Å². The van der Waals surface area contributed by atoms with Crippen LogP contribution in [-0.2, 0) is 11.3 Å². The van der Waals surface area contributed by atoms with Crippen molar-refractivity contribution >= 4 is 5.91 Å². The summed E-state index contributed by atoms with van der Waals surface area (Å²) < 4.78 is 0. The van der Waals surface area contributed by atoms with Gasteiger partial charge in [-0.1, -0.05) is 30.3 Å². The number of carbonyl (C=O) groups excluding carboxylic acids is 1. The Balaban J connectivity index is 1.85. The van der Waals surface area contributed by atoms with Gasteiger partial charge in [-0.25, -0.2) is 0 Å². The van der Waals surface area contributed by atoms with E-state index in [1.54, 1.807) is 13.8 Å². The molecular weight excluding hydrogens is 252 g/mol. The number of aliphatic hydroxyl groups is 1. The first kappa shape index (κ1) is 15.0. The maximum absolute atomic E-state index is 12.3. The molecule has 0 saturated carbocycles. The molecule has 1 heterocycles. The topological polar surface area (TPSA) is 43.8 Å². The lowest BCUT2D eigenvalue weighted by atomic mass is 9.92. The van der Waals surface area contributed by atoms with Gasteiger partial charge >= 0.3 is 0 Å². The number of rotatable bonds is 4. The fourth-order valence-electron chi connectivity index (χ4n) is 2.45. The zero-order valence-electron chi connectivity index (χ0n) is 12.4. The summed E-state index contributed by atoms with van der Waals surface area (Å²) in [6.07, 6.45) is 0. The molecule has 0 aromatic heterocycles. The number of amides is 1. The zero-order valence-corrected chi connectivity index (χ0v) is 12.4. The Kier molecular flexibility index (Phi) is 4.78. The highest BCUT2D eigenvalue weighted by Crippen LogP contribution is 2.19. The summed E-state index contributed by atoms with van der Waals surface area (Å²) in [5.74, 6) is 0.0550. The smallest absolute Gasteiger partial charge is 0.230 e. The fourth-order valence-corrected chi connectivity index (χ4v) is 2.45. The van der Waals surface area contributed by atoms with Crippen molar-refractivity contribution in [3.05, 3.63) is 35.9 Å². The van der Waals surface area contributed by atoms with E-state index in [9.17, 15) is 9.90 Å². The molecule has 1 amide bonds. The second-order valence-electron chi connectivity index (χ2n) is 6.10. The summed E-state index contributed by atoms with van der Waals surface area (Å²) in [6, 6.07) is 10.4. The summed E-state index contributed by atoms with van der Waals surface area (Å²) in [7, 11) is 0. The number of nitrogens with zero attached hydrogens (tertiary/aromatic N) is 2. The summed E-state index contributed by atoms with van der Waals surface area (Å²) in [5, 5.41) is 9.28. The molecule has 110 valence electrons. The molecule has 0 spiro atoms. The Labute approximate surface area is 121 Å². The third kappa shape index (κ3) is 3.58. The second kappa shape index (κ2) is 6.37. The van der Waals surface area contributed by atoms with Crippen molar-refractivity contribution in [3.8, 4) is 0 Å². The minimum Gasteiger partial charge on any atom is -0.395 e. The first-order chi connectivity index (χ1) is 9.53. The number of hydrogen-bond donors (Lipinski definition) is 1. The Hall–Kier alpha value is -1.39. The minimum absolute atomic E-state index is 0.0550. The highest BCUT2D eigenvalue weighted by Gasteiger charge is 2.32. The highest BCUT2D eigenvalue weighted by atomic mass is 16.3. The van der Waals surface area contributed by atoms with Gasteiger partial charge in [0, 0.05) is 32.7 Å². The van der Waals surface area contributed by atoms with Gasteiger partial charge in [-0.2, -0.15) is 0 Å². The zero-order chi connectivity index (χ0) is 14.6. The van der Waals surface area contributed by atoms with E-state index in [1.807, 2.05) is 11.0 Å². The van der Waals surface area contributed by atoms with Crippen LogP contribution in [0.25, 0.3) is 0 Å². The van der Waals surface area contributed by atoms with E-state index in [1.165, 1.54) is 5.56 Å². The summed E-state index contributed by atoms with van der Waals surface area (Å²) in [4.78, 5) is 16.5. The third-order valence-electron chi connectivity index (χ3n) is 3.88. The van der Waals surface area contributed by atoms with Crippen LogP contribution in [0.1, 0.15) is 19.4 Å². The predicted molar refractivity (Wildman–Crippen MR) is 79.2 cm³/mol. The largest absolute Gasteiger partial charge is 0.395 e. The molecule has 1 aromatic carbocycles. The summed E-state index contributed by atoms with van der Waals surface area (Å²) >= 11 is 0. The molecule has 0 radical (unpaired) electrons. The van der Waals surface area contributed by atoms with Crippen LogP contribution in [0.3, 0.4) is 0 Å². The quantitative estimate of drug-likeness (QED) is 0.903. The third-order valence-corrected chi connectivity index (χ3v) is 3.88. The van der Waals surface area contributed by atoms with Crippen molar-refractivity contribution in [2.45, 2.75) is 20.4 Å². The van der Waals surface area contributed by atoms with E-state index in [0.29, 0.717) is 0 Å². The van der Waals surface area contributed by atoms with Gasteiger partial charge in [0.05, 0.1) is 12.0 Å². The van der Waals surface area contributed by atoms with Gasteiger partial charge in [-0.15, -0.1) is 0 Å². The first-order valence-corrected chi connectivity index (χ1v) is 7.19. The van der Waals surface area contributed by atoms with Gasteiger partial charge in [0.15, 0.2) is 0 Å². The molecule has 2 rings (SSSR count). The Morgan fingerprint density at radius 3 is 2.30 bits per heavy atom. The van der Waals surface area contributed by atoms with Crippen molar-refractivity contribution in [2.24, 2.45) is 5.41 Å². The molecule has 4 nitrogen and oxygen atoms in total. The monoisotopic (exact) mass is 276 g/mol. The Bertz CT molecular complexity index is 437. The maximum atomic E-state index is 12.3. The molecule has 4 heteroatoms. The van der Waals surface area contributed by atoms with E-state index in [2.05, 4.69) is 29.2 Å². The second-order valence-corrected chi connectivity index (χ2v) is 6.10. The molecule has 1 N–H and O–H groups in total. The molecule has 0 unspecified atom stereocenters. The molecule has 0 bridgehead atoms. The van der Waals surface area contributed by atoms with E-state index in [0.717, 1.165) is 32.7 Å². The van der Waals surface area contributed by atoms with Crippen LogP contribution in [0.5, 0.6) is 0 Å². The lowest BCUT2D eigenvalue weighted by Gasteiger charge is -2.38. The summed E-state index contributed by atoms with van der Waals surface area (Å²) in [5.41, 5.74) is 0.643. The van der Waals surface area contributed by atoms with E-state index in [-0.39, 0.29) is 12.5 Å². The Morgan fingerprint density at radius 2 is 1.75 bits per heavy atom. The molecule has 1 fully saturated rings. The molecule has 0 aliphatic carbocycles. The average molecular weight is 276 g/mol. The number of hydrogen-bond acceptors (Lipinski definition) is 3. The van der Waals surface area contributed by atoms with Crippen molar-refractivity contribution in [1.82, 2.24) is 9.80 Å². The van der Waals surface area contributed by atoms with E-state index < -0.39 is 5.41 Å². The van der Waals surface area contributed by atoms with Crippen molar-refractivity contribution < 1.29 is 9.90 Å². The molecule has 1 aromatic rings. The van der Waals surface area contributed by atoms with Crippen LogP contribution < -0.4 is 0 Å². The van der Waals surface area contributed by atoms with Crippen LogP contribution in [0, 0.1) is 5.41 Å². The highest BCUT2D eigenvalue weighted by molar-refractivity contribution is 5.82. The maximum Gasteiger partial charge on any atom is 0.230 e. The molecule has 1 saturated heterocycles. The summed E-state index contributed by atoms with van der Waals surface area (Å²) in [6.45, 7) is 7.70. The van der Waals surface area contributed by atoms with E-state index >= 15 is 0 Å². The van der Waals surface area contributed by atoms with Crippen molar-refractivity contribution in [3.63, 3.8) is 0 Å². The lowest BCUT2D eigenvalue weighted by molar-refractivity contribution is -0.144. The van der Waals surface area contributed by atoms with Crippen molar-refractivity contribution in [1.29, 1.82) is 0 Å². The molecule has 1 aliphatic heterocycles. The number of carbonyl (C=O) groups is 1. The van der Waals surface area contributed by atoms with Gasteiger partial charge < -0.3 is 10.0 Å². The lowest BCUT2D eigenvalue weighted by Crippen LogP contribution is -2.52. The number of aliphatic hydroxyl groups excluding tert-OH is 1. The van der Waals surface area contributed by atoms with Crippen LogP contribution in [0.2, 0.25) is 0 Å².